The lowest BCUT2D eigenvalue weighted by Crippen LogP contribution is -2.32. The zero-order valence-electron chi connectivity index (χ0n) is 17.9. The molecule has 1 amide bonds. The third-order valence-electron chi connectivity index (χ3n) is 5.02. The number of aromatic amines is 1. The van der Waals surface area contributed by atoms with Crippen LogP contribution in [0.25, 0.3) is 10.9 Å². The second-order valence-electron chi connectivity index (χ2n) is 6.95. The van der Waals surface area contributed by atoms with Crippen LogP contribution < -0.4 is 19.8 Å². The predicted molar refractivity (Wildman–Crippen MR) is 116 cm³/mol. The number of amides is 1. The van der Waals surface area contributed by atoms with E-state index < -0.39 is 0 Å². The number of carbonyl (C=O) groups is 1. The van der Waals surface area contributed by atoms with Crippen molar-refractivity contribution in [2.75, 3.05) is 27.9 Å². The van der Waals surface area contributed by atoms with E-state index in [-0.39, 0.29) is 18.0 Å². The average Bonchev–Trinajstić information content (AvgIpc) is 2.76. The number of aromatic nitrogens is 1. The summed E-state index contributed by atoms with van der Waals surface area (Å²) in [5, 5.41) is 0.931. The molecule has 0 saturated heterocycles. The van der Waals surface area contributed by atoms with Crippen molar-refractivity contribution >= 4 is 16.8 Å². The van der Waals surface area contributed by atoms with Gasteiger partial charge < -0.3 is 24.1 Å². The van der Waals surface area contributed by atoms with Gasteiger partial charge in [-0.15, -0.1) is 0 Å². The van der Waals surface area contributed by atoms with Gasteiger partial charge in [0.2, 0.25) is 5.75 Å². The molecule has 0 aliphatic rings. The van der Waals surface area contributed by atoms with Gasteiger partial charge in [-0.1, -0.05) is 11.6 Å². The monoisotopic (exact) mass is 410 g/mol. The van der Waals surface area contributed by atoms with E-state index in [4.69, 9.17) is 14.2 Å². The molecule has 3 aromatic rings. The average molecular weight is 410 g/mol. The fourth-order valence-electron chi connectivity index (χ4n) is 3.41. The quantitative estimate of drug-likeness (QED) is 0.645. The summed E-state index contributed by atoms with van der Waals surface area (Å²) < 4.78 is 16.0. The van der Waals surface area contributed by atoms with Gasteiger partial charge in [0.15, 0.2) is 11.5 Å². The summed E-state index contributed by atoms with van der Waals surface area (Å²) in [6, 6.07) is 10.9. The van der Waals surface area contributed by atoms with E-state index >= 15 is 0 Å². The highest BCUT2D eigenvalue weighted by molar-refractivity contribution is 5.95. The summed E-state index contributed by atoms with van der Waals surface area (Å²) in [5.41, 5.74) is 2.58. The standard InChI is InChI=1S/C23H26N2O5/c1-6-25(13-17-10-15-9-14(2)7-8-18(15)24-22(17)26)23(27)16-11-19(28-3)21(30-5)20(12-16)29-4/h7-12H,6,13H2,1-5H3,(H,24,26). The van der Waals surface area contributed by atoms with Crippen LogP contribution in [-0.4, -0.2) is 43.7 Å². The molecule has 0 spiro atoms. The highest BCUT2D eigenvalue weighted by Gasteiger charge is 2.21. The number of pyridine rings is 1. The second kappa shape index (κ2) is 8.90. The highest BCUT2D eigenvalue weighted by atomic mass is 16.5. The highest BCUT2D eigenvalue weighted by Crippen LogP contribution is 2.38. The number of ether oxygens (including phenoxy) is 3. The maximum Gasteiger partial charge on any atom is 0.254 e. The van der Waals surface area contributed by atoms with Gasteiger partial charge in [0, 0.05) is 23.2 Å². The number of hydrogen-bond acceptors (Lipinski definition) is 5. The minimum atomic E-state index is -0.236. The third kappa shape index (κ3) is 4.10. The molecule has 0 aliphatic heterocycles. The molecule has 0 radical (unpaired) electrons. The molecule has 0 atom stereocenters. The van der Waals surface area contributed by atoms with Crippen molar-refractivity contribution < 1.29 is 19.0 Å². The molecule has 3 rings (SSSR count). The minimum absolute atomic E-state index is 0.186. The van der Waals surface area contributed by atoms with Gasteiger partial charge in [0.1, 0.15) is 0 Å². The Morgan fingerprint density at radius 3 is 2.23 bits per heavy atom. The fraction of sp³-hybridized carbons (Fsp3) is 0.304. The lowest BCUT2D eigenvalue weighted by Gasteiger charge is -2.22. The number of aryl methyl sites for hydroxylation is 1. The van der Waals surface area contributed by atoms with Crippen molar-refractivity contribution in [3.8, 4) is 17.2 Å². The number of benzene rings is 2. The van der Waals surface area contributed by atoms with E-state index in [9.17, 15) is 9.59 Å². The summed E-state index contributed by atoms with van der Waals surface area (Å²) in [6.07, 6.45) is 0. The molecule has 0 fully saturated rings. The fourth-order valence-corrected chi connectivity index (χ4v) is 3.41. The molecule has 1 N–H and O–H groups in total. The first-order chi connectivity index (χ1) is 14.4. The molecule has 2 aromatic carbocycles. The molecule has 0 saturated carbocycles. The topological polar surface area (TPSA) is 80.9 Å². The molecule has 7 heteroatoms. The Bertz CT molecular complexity index is 1110. The second-order valence-corrected chi connectivity index (χ2v) is 6.95. The van der Waals surface area contributed by atoms with E-state index in [1.54, 1.807) is 17.0 Å². The molecule has 1 heterocycles. The molecule has 0 bridgehead atoms. The van der Waals surface area contributed by atoms with Crippen molar-refractivity contribution in [1.82, 2.24) is 9.88 Å². The van der Waals surface area contributed by atoms with Crippen LogP contribution in [0.2, 0.25) is 0 Å². The van der Waals surface area contributed by atoms with Crippen LogP contribution in [0.4, 0.5) is 0 Å². The molecule has 158 valence electrons. The van der Waals surface area contributed by atoms with Crippen LogP contribution in [-0.2, 0) is 6.54 Å². The van der Waals surface area contributed by atoms with Crippen molar-refractivity contribution in [1.29, 1.82) is 0 Å². The first-order valence-corrected chi connectivity index (χ1v) is 9.63. The zero-order chi connectivity index (χ0) is 21.8. The lowest BCUT2D eigenvalue weighted by molar-refractivity contribution is 0.0751. The van der Waals surface area contributed by atoms with E-state index in [2.05, 4.69) is 4.98 Å². The molecule has 1 aromatic heterocycles. The smallest absolute Gasteiger partial charge is 0.254 e. The molecular weight excluding hydrogens is 384 g/mol. The van der Waals surface area contributed by atoms with Crippen molar-refractivity contribution in [3.05, 3.63) is 63.4 Å². The maximum atomic E-state index is 13.2. The number of fused-ring (bicyclic) bond motifs is 1. The van der Waals surface area contributed by atoms with Crippen LogP contribution >= 0.6 is 0 Å². The van der Waals surface area contributed by atoms with Crippen LogP contribution in [0.15, 0.2) is 41.2 Å². The number of nitrogens with one attached hydrogen (secondary N) is 1. The number of rotatable bonds is 7. The summed E-state index contributed by atoms with van der Waals surface area (Å²) in [7, 11) is 4.51. The number of methoxy groups -OCH3 is 3. The summed E-state index contributed by atoms with van der Waals surface area (Å²) in [6.45, 7) is 4.48. The number of nitrogens with zero attached hydrogens (tertiary/aromatic N) is 1. The number of carbonyl (C=O) groups excluding carboxylic acids is 1. The van der Waals surface area contributed by atoms with Gasteiger partial charge in [-0.2, -0.15) is 0 Å². The first-order valence-electron chi connectivity index (χ1n) is 9.63. The Hall–Kier alpha value is -3.48. The van der Waals surface area contributed by atoms with E-state index in [1.165, 1.54) is 21.3 Å². The summed E-state index contributed by atoms with van der Waals surface area (Å²) in [5.74, 6) is 0.979. The van der Waals surface area contributed by atoms with Crippen molar-refractivity contribution in [2.45, 2.75) is 20.4 Å². The minimum Gasteiger partial charge on any atom is -0.493 e. The van der Waals surface area contributed by atoms with Gasteiger partial charge in [-0.3, -0.25) is 9.59 Å². The molecule has 0 unspecified atom stereocenters. The van der Waals surface area contributed by atoms with Gasteiger partial charge in [0.05, 0.1) is 27.9 Å². The Morgan fingerprint density at radius 2 is 1.67 bits per heavy atom. The van der Waals surface area contributed by atoms with E-state index in [1.807, 2.05) is 38.1 Å². The molecule has 30 heavy (non-hydrogen) atoms. The molecular formula is C23H26N2O5. The first kappa shape index (κ1) is 21.2. The summed E-state index contributed by atoms with van der Waals surface area (Å²) in [4.78, 5) is 30.3. The summed E-state index contributed by atoms with van der Waals surface area (Å²) >= 11 is 0. The number of H-pyrrole nitrogens is 1. The Labute approximate surface area is 175 Å². The number of hydrogen-bond donors (Lipinski definition) is 1. The van der Waals surface area contributed by atoms with Gasteiger partial charge >= 0.3 is 0 Å². The Morgan fingerprint density at radius 1 is 1.00 bits per heavy atom. The lowest BCUT2D eigenvalue weighted by atomic mass is 10.1. The Balaban J connectivity index is 1.97. The predicted octanol–water partition coefficient (Wildman–Crippen LogP) is 3.52. The van der Waals surface area contributed by atoms with Gasteiger partial charge in [0.25, 0.3) is 11.5 Å². The van der Waals surface area contributed by atoms with Crippen LogP contribution in [0.3, 0.4) is 0 Å². The molecule has 0 aliphatic carbocycles. The zero-order valence-corrected chi connectivity index (χ0v) is 17.9. The Kier molecular flexibility index (Phi) is 6.30. The van der Waals surface area contributed by atoms with Crippen molar-refractivity contribution in [2.24, 2.45) is 0 Å². The van der Waals surface area contributed by atoms with E-state index in [0.717, 1.165) is 16.5 Å². The van der Waals surface area contributed by atoms with E-state index in [0.29, 0.717) is 34.9 Å². The maximum absolute atomic E-state index is 13.2. The largest absolute Gasteiger partial charge is 0.493 e. The third-order valence-corrected chi connectivity index (χ3v) is 5.02. The van der Waals surface area contributed by atoms with Gasteiger partial charge in [-0.25, -0.2) is 0 Å². The molecule has 7 nitrogen and oxygen atoms in total. The normalized spacial score (nSPS) is 10.7. The van der Waals surface area contributed by atoms with Gasteiger partial charge in [-0.05, 0) is 49.6 Å². The van der Waals surface area contributed by atoms with Crippen LogP contribution in [0.5, 0.6) is 17.2 Å². The van der Waals surface area contributed by atoms with Crippen LogP contribution in [0.1, 0.15) is 28.4 Å². The SMILES string of the molecule is CCN(Cc1cc2cc(C)ccc2[nH]c1=O)C(=O)c1cc(OC)c(OC)c(OC)c1. The van der Waals surface area contributed by atoms with Crippen molar-refractivity contribution in [3.63, 3.8) is 0 Å². The van der Waals surface area contributed by atoms with Crippen LogP contribution in [0, 0.1) is 6.92 Å².